The van der Waals surface area contributed by atoms with Gasteiger partial charge in [0.1, 0.15) is 6.10 Å². The van der Waals surface area contributed by atoms with Gasteiger partial charge in [-0.2, -0.15) is 0 Å². The molecule has 0 bridgehead atoms. The molecule has 9 heteroatoms. The normalized spacial score (nSPS) is 15.3. The number of ether oxygens (including phenoxy) is 3. The zero-order valence-electron chi connectivity index (χ0n) is 23.1. The lowest BCUT2D eigenvalue weighted by Crippen LogP contribution is -2.36. The Hall–Kier alpha value is -3.30. The molecule has 1 aliphatic heterocycles. The summed E-state index contributed by atoms with van der Waals surface area (Å²) < 4.78 is 15.7. The van der Waals surface area contributed by atoms with Gasteiger partial charge in [-0.05, 0) is 81.6 Å². The maximum Gasteiger partial charge on any atom is 0.338 e. The molecule has 1 atom stereocenters. The van der Waals surface area contributed by atoms with E-state index in [-0.39, 0.29) is 35.5 Å². The summed E-state index contributed by atoms with van der Waals surface area (Å²) in [5.41, 5.74) is 1.22. The molecule has 0 amide bonds. The highest BCUT2D eigenvalue weighted by Gasteiger charge is 2.21. The van der Waals surface area contributed by atoms with Crippen molar-refractivity contribution in [2.45, 2.75) is 51.0 Å². The molecular formula is C30H42N2O7. The standard InChI is InChI=1S/C30H42N2O7/c1-36-28-21-25(20-27(34)29(28)37-2)30(35)38-19-7-10-23-12-15-32(16-13-23)17-14-26(11-6-18-33)39-31-22-24-8-4-3-5-9-24/h3-5,8-9,20-23,26,33-34H,6-7,10-19H2,1-2H3/b31-22+. The summed E-state index contributed by atoms with van der Waals surface area (Å²) in [7, 11) is 2.87. The van der Waals surface area contributed by atoms with Crippen molar-refractivity contribution in [1.82, 2.24) is 4.90 Å². The van der Waals surface area contributed by atoms with Gasteiger partial charge in [0.25, 0.3) is 0 Å². The van der Waals surface area contributed by atoms with Gasteiger partial charge in [0, 0.05) is 13.2 Å². The molecule has 0 aromatic heterocycles. The Balaban J connectivity index is 1.33. The number of aliphatic hydroxyl groups is 1. The van der Waals surface area contributed by atoms with Crippen molar-refractivity contribution in [2.75, 3.05) is 47.1 Å². The highest BCUT2D eigenvalue weighted by Crippen LogP contribution is 2.37. The fourth-order valence-electron chi connectivity index (χ4n) is 4.79. The Kier molecular flexibility index (Phi) is 12.9. The predicted molar refractivity (Wildman–Crippen MR) is 150 cm³/mol. The predicted octanol–water partition coefficient (Wildman–Crippen LogP) is 4.64. The first-order valence-electron chi connectivity index (χ1n) is 13.7. The van der Waals surface area contributed by atoms with Crippen molar-refractivity contribution in [3.63, 3.8) is 0 Å². The third-order valence-corrected chi connectivity index (χ3v) is 7.05. The summed E-state index contributed by atoms with van der Waals surface area (Å²) >= 11 is 0. The average Bonchev–Trinajstić information content (AvgIpc) is 2.97. The van der Waals surface area contributed by atoms with Crippen LogP contribution in [0.15, 0.2) is 47.6 Å². The second kappa shape index (κ2) is 16.6. The van der Waals surface area contributed by atoms with Crippen LogP contribution in [-0.4, -0.2) is 80.5 Å². The zero-order valence-corrected chi connectivity index (χ0v) is 23.1. The lowest BCUT2D eigenvalue weighted by atomic mass is 9.92. The van der Waals surface area contributed by atoms with E-state index in [4.69, 9.17) is 19.0 Å². The number of phenolic OH excluding ortho intramolecular Hbond substituents is 1. The summed E-state index contributed by atoms with van der Waals surface area (Å²) in [5, 5.41) is 23.5. The fraction of sp³-hybridized carbons (Fsp3) is 0.533. The number of phenols is 1. The van der Waals surface area contributed by atoms with Crippen LogP contribution in [0.25, 0.3) is 0 Å². The highest BCUT2D eigenvalue weighted by molar-refractivity contribution is 5.91. The van der Waals surface area contributed by atoms with E-state index in [2.05, 4.69) is 10.1 Å². The molecule has 1 fully saturated rings. The molecule has 2 aromatic rings. The number of benzene rings is 2. The SMILES string of the molecule is COc1cc(C(=O)OCCCC2CCN(CCC(CCCO)O/N=C/c3ccccc3)CC2)cc(O)c1OC. The Bertz CT molecular complexity index is 1020. The monoisotopic (exact) mass is 542 g/mol. The summed E-state index contributed by atoms with van der Waals surface area (Å²) in [6.07, 6.45) is 8.10. The van der Waals surface area contributed by atoms with Crippen molar-refractivity contribution in [3.8, 4) is 17.2 Å². The number of esters is 1. The third kappa shape index (κ3) is 10.1. The molecule has 1 unspecified atom stereocenters. The molecule has 0 aliphatic carbocycles. The lowest BCUT2D eigenvalue weighted by Gasteiger charge is -2.32. The van der Waals surface area contributed by atoms with Gasteiger partial charge in [0.2, 0.25) is 5.75 Å². The van der Waals surface area contributed by atoms with E-state index in [1.165, 1.54) is 26.4 Å². The topological polar surface area (TPSA) is 110 Å². The second-order valence-corrected chi connectivity index (χ2v) is 9.82. The summed E-state index contributed by atoms with van der Waals surface area (Å²) in [5.74, 6) is 0.420. The maximum atomic E-state index is 12.4. The molecule has 0 saturated carbocycles. The molecule has 0 spiro atoms. The van der Waals surface area contributed by atoms with Gasteiger partial charge in [-0.3, -0.25) is 0 Å². The molecule has 0 radical (unpaired) electrons. The number of methoxy groups -OCH3 is 2. The highest BCUT2D eigenvalue weighted by atomic mass is 16.6. The van der Waals surface area contributed by atoms with Crippen LogP contribution < -0.4 is 9.47 Å². The van der Waals surface area contributed by atoms with Crippen LogP contribution >= 0.6 is 0 Å². The van der Waals surface area contributed by atoms with E-state index in [1.807, 2.05) is 30.3 Å². The van der Waals surface area contributed by atoms with E-state index < -0.39 is 5.97 Å². The van der Waals surface area contributed by atoms with Crippen molar-refractivity contribution >= 4 is 12.2 Å². The smallest absolute Gasteiger partial charge is 0.338 e. The van der Waals surface area contributed by atoms with Gasteiger partial charge in [-0.15, -0.1) is 0 Å². The number of likely N-dealkylation sites (tertiary alicyclic amines) is 1. The minimum absolute atomic E-state index is 0.0166. The number of carbonyl (C=O) groups is 1. The number of hydrogen-bond acceptors (Lipinski definition) is 9. The van der Waals surface area contributed by atoms with Gasteiger partial charge in [0.05, 0.1) is 32.6 Å². The second-order valence-electron chi connectivity index (χ2n) is 9.82. The molecule has 2 N–H and O–H groups in total. The van der Waals surface area contributed by atoms with Crippen LogP contribution in [0.2, 0.25) is 0 Å². The summed E-state index contributed by atoms with van der Waals surface area (Å²) in [6, 6.07) is 12.7. The molecular weight excluding hydrogens is 500 g/mol. The first kappa shape index (κ1) is 30.2. The first-order chi connectivity index (χ1) is 19.0. The number of aliphatic hydroxyl groups excluding tert-OH is 1. The first-order valence-corrected chi connectivity index (χ1v) is 13.7. The van der Waals surface area contributed by atoms with Crippen LogP contribution in [0.4, 0.5) is 0 Å². The van der Waals surface area contributed by atoms with Crippen molar-refractivity contribution in [2.24, 2.45) is 11.1 Å². The molecule has 39 heavy (non-hydrogen) atoms. The number of carbonyl (C=O) groups excluding carboxylic acids is 1. The number of piperidine rings is 1. The van der Waals surface area contributed by atoms with Gasteiger partial charge >= 0.3 is 5.97 Å². The largest absolute Gasteiger partial charge is 0.504 e. The van der Waals surface area contributed by atoms with Crippen LogP contribution in [0.5, 0.6) is 17.2 Å². The lowest BCUT2D eigenvalue weighted by molar-refractivity contribution is 0.0319. The molecule has 2 aromatic carbocycles. The van der Waals surface area contributed by atoms with Crippen molar-refractivity contribution in [1.29, 1.82) is 0 Å². The molecule has 9 nitrogen and oxygen atoms in total. The average molecular weight is 543 g/mol. The Morgan fingerprint density at radius 1 is 1.10 bits per heavy atom. The van der Waals surface area contributed by atoms with E-state index in [1.54, 1.807) is 6.21 Å². The fourth-order valence-corrected chi connectivity index (χ4v) is 4.79. The minimum atomic E-state index is -0.493. The Labute approximate surface area is 231 Å². The molecule has 1 saturated heterocycles. The quantitative estimate of drug-likeness (QED) is 0.137. The molecule has 3 rings (SSSR count). The number of nitrogens with zero attached hydrogens (tertiary/aromatic N) is 2. The van der Waals surface area contributed by atoms with Gasteiger partial charge < -0.3 is 34.2 Å². The van der Waals surface area contributed by atoms with E-state index in [9.17, 15) is 15.0 Å². The Morgan fingerprint density at radius 2 is 1.87 bits per heavy atom. The van der Waals surface area contributed by atoms with Crippen molar-refractivity contribution in [3.05, 3.63) is 53.6 Å². The molecule has 214 valence electrons. The Morgan fingerprint density at radius 3 is 2.56 bits per heavy atom. The number of hydrogen-bond donors (Lipinski definition) is 2. The van der Waals surface area contributed by atoms with E-state index in [0.717, 1.165) is 63.7 Å². The number of oxime groups is 1. The van der Waals surface area contributed by atoms with Crippen LogP contribution in [0, 0.1) is 5.92 Å². The van der Waals surface area contributed by atoms with Crippen LogP contribution in [0.3, 0.4) is 0 Å². The zero-order chi connectivity index (χ0) is 27.9. The maximum absolute atomic E-state index is 12.4. The minimum Gasteiger partial charge on any atom is -0.504 e. The molecule has 1 aliphatic rings. The number of rotatable bonds is 16. The van der Waals surface area contributed by atoms with E-state index in [0.29, 0.717) is 18.9 Å². The van der Waals surface area contributed by atoms with E-state index >= 15 is 0 Å². The van der Waals surface area contributed by atoms with Crippen molar-refractivity contribution < 1.29 is 34.1 Å². The number of aromatic hydroxyl groups is 1. The van der Waals surface area contributed by atoms with Gasteiger partial charge in [-0.25, -0.2) is 4.79 Å². The summed E-state index contributed by atoms with van der Waals surface area (Å²) in [6.45, 7) is 3.51. The van der Waals surface area contributed by atoms with Crippen LogP contribution in [0.1, 0.15) is 60.9 Å². The van der Waals surface area contributed by atoms with Gasteiger partial charge in [0.15, 0.2) is 11.5 Å². The molecule has 1 heterocycles. The third-order valence-electron chi connectivity index (χ3n) is 7.05. The van der Waals surface area contributed by atoms with Crippen LogP contribution in [-0.2, 0) is 9.57 Å². The van der Waals surface area contributed by atoms with Gasteiger partial charge in [-0.1, -0.05) is 35.5 Å². The summed E-state index contributed by atoms with van der Waals surface area (Å²) in [4.78, 5) is 20.7.